The number of nitrogen functional groups attached to an aromatic ring is 1. The molecule has 1 saturated heterocycles. The van der Waals surface area contributed by atoms with Crippen molar-refractivity contribution in [1.82, 2.24) is 0 Å². The maximum absolute atomic E-state index is 5.77. The Morgan fingerprint density at radius 3 is 2.53 bits per heavy atom. The monoisotopic (exact) mass is 266 g/mol. The SMILES string of the molecule is Nc1ccc(N2CC3(CCC3)C2)cc1Br. The van der Waals surface area contributed by atoms with Crippen molar-refractivity contribution >= 4 is 27.3 Å². The van der Waals surface area contributed by atoms with Crippen LogP contribution < -0.4 is 10.6 Å². The van der Waals surface area contributed by atoms with E-state index in [0.29, 0.717) is 5.41 Å². The van der Waals surface area contributed by atoms with Crippen molar-refractivity contribution in [3.63, 3.8) is 0 Å². The molecule has 2 nitrogen and oxygen atoms in total. The second-order valence-corrected chi connectivity index (χ2v) is 5.77. The van der Waals surface area contributed by atoms with Gasteiger partial charge in [-0.1, -0.05) is 6.42 Å². The van der Waals surface area contributed by atoms with Crippen molar-refractivity contribution < 1.29 is 0 Å². The zero-order valence-corrected chi connectivity index (χ0v) is 10.3. The van der Waals surface area contributed by atoms with Crippen molar-refractivity contribution in [2.45, 2.75) is 19.3 Å². The first-order valence-electron chi connectivity index (χ1n) is 5.49. The molecule has 1 saturated carbocycles. The third-order valence-electron chi connectivity index (χ3n) is 3.82. The van der Waals surface area contributed by atoms with Crippen LogP contribution in [0.2, 0.25) is 0 Å². The number of nitrogens with two attached hydrogens (primary N) is 1. The first-order chi connectivity index (χ1) is 7.19. The molecule has 1 aromatic carbocycles. The van der Waals surface area contributed by atoms with Crippen LogP contribution in [-0.4, -0.2) is 13.1 Å². The molecule has 3 rings (SSSR count). The van der Waals surface area contributed by atoms with Crippen LogP contribution in [0.1, 0.15) is 19.3 Å². The molecule has 1 heterocycles. The summed E-state index contributed by atoms with van der Waals surface area (Å²) in [5.74, 6) is 0. The van der Waals surface area contributed by atoms with Crippen LogP contribution in [0.15, 0.2) is 22.7 Å². The summed E-state index contributed by atoms with van der Waals surface area (Å²) in [5.41, 5.74) is 8.58. The molecular formula is C12H15BrN2. The molecule has 1 spiro atoms. The van der Waals surface area contributed by atoms with E-state index < -0.39 is 0 Å². The number of halogens is 1. The van der Waals surface area contributed by atoms with Crippen LogP contribution in [0, 0.1) is 5.41 Å². The lowest BCUT2D eigenvalue weighted by atomic mass is 9.63. The van der Waals surface area contributed by atoms with Gasteiger partial charge in [0.05, 0.1) is 0 Å². The van der Waals surface area contributed by atoms with E-state index in [9.17, 15) is 0 Å². The van der Waals surface area contributed by atoms with Crippen molar-refractivity contribution in [3.8, 4) is 0 Å². The summed E-state index contributed by atoms with van der Waals surface area (Å²) < 4.78 is 1.01. The van der Waals surface area contributed by atoms with Gasteiger partial charge in [0.2, 0.25) is 0 Å². The van der Waals surface area contributed by atoms with E-state index in [-0.39, 0.29) is 0 Å². The molecule has 80 valence electrons. The fourth-order valence-corrected chi connectivity index (χ4v) is 3.02. The largest absolute Gasteiger partial charge is 0.398 e. The fraction of sp³-hybridized carbons (Fsp3) is 0.500. The van der Waals surface area contributed by atoms with Gasteiger partial charge in [-0.2, -0.15) is 0 Å². The second kappa shape index (κ2) is 3.14. The fourth-order valence-electron chi connectivity index (χ4n) is 2.65. The summed E-state index contributed by atoms with van der Waals surface area (Å²) in [5, 5.41) is 0. The lowest BCUT2D eigenvalue weighted by Gasteiger charge is -2.57. The first kappa shape index (κ1) is 9.52. The second-order valence-electron chi connectivity index (χ2n) is 4.92. The highest BCUT2D eigenvalue weighted by Crippen LogP contribution is 2.49. The molecule has 3 heteroatoms. The minimum atomic E-state index is 0.688. The van der Waals surface area contributed by atoms with Gasteiger partial charge in [0.25, 0.3) is 0 Å². The average molecular weight is 267 g/mol. The van der Waals surface area contributed by atoms with Crippen LogP contribution in [-0.2, 0) is 0 Å². The molecule has 2 fully saturated rings. The molecule has 0 aromatic heterocycles. The van der Waals surface area contributed by atoms with Gasteiger partial charge in [0, 0.05) is 34.4 Å². The normalized spacial score (nSPS) is 22.3. The van der Waals surface area contributed by atoms with Crippen LogP contribution in [0.5, 0.6) is 0 Å². The third-order valence-corrected chi connectivity index (χ3v) is 4.50. The summed E-state index contributed by atoms with van der Waals surface area (Å²) in [6.07, 6.45) is 4.29. The summed E-state index contributed by atoms with van der Waals surface area (Å²) in [7, 11) is 0. The van der Waals surface area contributed by atoms with Crippen molar-refractivity contribution in [1.29, 1.82) is 0 Å². The predicted octanol–water partition coefficient (Wildman–Crippen LogP) is 3.02. The molecule has 1 aromatic rings. The minimum absolute atomic E-state index is 0.688. The smallest absolute Gasteiger partial charge is 0.0460 e. The van der Waals surface area contributed by atoms with E-state index in [1.54, 1.807) is 0 Å². The molecule has 2 aliphatic rings. The Kier molecular flexibility index (Phi) is 2.00. The standard InChI is InChI=1S/C12H15BrN2/c13-10-6-9(2-3-11(10)14)15-7-12(8-15)4-1-5-12/h2-3,6H,1,4-5,7-8,14H2. The molecule has 0 amide bonds. The summed E-state index contributed by atoms with van der Waals surface area (Å²) >= 11 is 3.48. The number of hydrogen-bond acceptors (Lipinski definition) is 2. The highest BCUT2D eigenvalue weighted by atomic mass is 79.9. The first-order valence-corrected chi connectivity index (χ1v) is 6.28. The molecule has 0 atom stereocenters. The number of hydrogen-bond donors (Lipinski definition) is 1. The lowest BCUT2D eigenvalue weighted by Crippen LogP contribution is -2.59. The van der Waals surface area contributed by atoms with E-state index in [2.05, 4.69) is 33.0 Å². The maximum Gasteiger partial charge on any atom is 0.0460 e. The van der Waals surface area contributed by atoms with E-state index in [0.717, 1.165) is 10.2 Å². The van der Waals surface area contributed by atoms with Gasteiger partial charge in [-0.15, -0.1) is 0 Å². The Hall–Kier alpha value is -0.700. The molecular weight excluding hydrogens is 252 g/mol. The average Bonchev–Trinajstić information content (AvgIpc) is 2.06. The molecule has 2 N–H and O–H groups in total. The molecule has 0 radical (unpaired) electrons. The van der Waals surface area contributed by atoms with Gasteiger partial charge in [0.15, 0.2) is 0 Å². The molecule has 0 bridgehead atoms. The number of benzene rings is 1. The third kappa shape index (κ3) is 1.44. The summed E-state index contributed by atoms with van der Waals surface area (Å²) in [4.78, 5) is 2.45. The van der Waals surface area contributed by atoms with Crippen molar-refractivity contribution in [2.75, 3.05) is 23.7 Å². The van der Waals surface area contributed by atoms with Crippen LogP contribution in [0.25, 0.3) is 0 Å². The van der Waals surface area contributed by atoms with Gasteiger partial charge < -0.3 is 10.6 Å². The van der Waals surface area contributed by atoms with Gasteiger partial charge in [-0.25, -0.2) is 0 Å². The Morgan fingerprint density at radius 1 is 1.27 bits per heavy atom. The Bertz CT molecular complexity index is 391. The zero-order valence-electron chi connectivity index (χ0n) is 8.67. The maximum atomic E-state index is 5.77. The van der Waals surface area contributed by atoms with Crippen LogP contribution in [0.3, 0.4) is 0 Å². The number of rotatable bonds is 1. The Labute approximate surface area is 98.6 Å². The minimum Gasteiger partial charge on any atom is -0.398 e. The van der Waals surface area contributed by atoms with Gasteiger partial charge in [-0.3, -0.25) is 0 Å². The molecule has 1 aliphatic heterocycles. The quantitative estimate of drug-likeness (QED) is 0.792. The Balaban J connectivity index is 1.75. The van der Waals surface area contributed by atoms with Crippen molar-refractivity contribution in [2.24, 2.45) is 5.41 Å². The van der Waals surface area contributed by atoms with Crippen molar-refractivity contribution in [3.05, 3.63) is 22.7 Å². The highest BCUT2D eigenvalue weighted by molar-refractivity contribution is 9.10. The highest BCUT2D eigenvalue weighted by Gasteiger charge is 2.47. The number of anilines is 2. The Morgan fingerprint density at radius 2 is 2.00 bits per heavy atom. The molecule has 0 unspecified atom stereocenters. The van der Waals surface area contributed by atoms with Gasteiger partial charge >= 0.3 is 0 Å². The molecule has 1 aliphatic carbocycles. The summed E-state index contributed by atoms with van der Waals surface area (Å²) in [6.45, 7) is 2.48. The van der Waals surface area contributed by atoms with Crippen LogP contribution >= 0.6 is 15.9 Å². The predicted molar refractivity (Wildman–Crippen MR) is 67.1 cm³/mol. The van der Waals surface area contributed by atoms with E-state index in [4.69, 9.17) is 5.73 Å². The van der Waals surface area contributed by atoms with E-state index in [1.807, 2.05) is 6.07 Å². The van der Waals surface area contributed by atoms with Crippen LogP contribution in [0.4, 0.5) is 11.4 Å². The number of nitrogens with zero attached hydrogens (tertiary/aromatic N) is 1. The van der Waals surface area contributed by atoms with Gasteiger partial charge in [0.1, 0.15) is 0 Å². The zero-order chi connectivity index (χ0) is 10.5. The van der Waals surface area contributed by atoms with E-state index >= 15 is 0 Å². The lowest BCUT2D eigenvalue weighted by molar-refractivity contribution is 0.0904. The van der Waals surface area contributed by atoms with Gasteiger partial charge in [-0.05, 0) is 47.0 Å². The molecule has 15 heavy (non-hydrogen) atoms. The topological polar surface area (TPSA) is 29.3 Å². The van der Waals surface area contributed by atoms with E-state index in [1.165, 1.54) is 38.0 Å². The summed E-state index contributed by atoms with van der Waals surface area (Å²) in [6, 6.07) is 6.22.